The molecule has 10 heteroatoms. The average molecular weight is 542 g/mol. The summed E-state index contributed by atoms with van der Waals surface area (Å²) in [5, 5.41) is 13.5. The molecule has 1 aliphatic rings. The first kappa shape index (κ1) is 27.2. The second-order valence-corrected chi connectivity index (χ2v) is 13.7. The summed E-state index contributed by atoms with van der Waals surface area (Å²) in [4.78, 5) is 32.1. The van der Waals surface area contributed by atoms with Gasteiger partial charge in [-0.25, -0.2) is 9.78 Å². The average Bonchev–Trinajstić information content (AvgIpc) is 3.20. The van der Waals surface area contributed by atoms with Gasteiger partial charge in [0.15, 0.2) is 5.13 Å². The number of carbonyl (C=O) groups excluding carboxylic acids is 1. The number of carbonyl (C=O) groups is 2. The van der Waals surface area contributed by atoms with Crippen molar-refractivity contribution in [2.45, 2.75) is 72.8 Å². The SMILES string of the molecule is CC(C)(Sc1cnc(NC(=O)N(CCCSc2cccc(Cl)c2)[C@H]2CC[C@H](C)CC2)s1)C(=O)O. The summed E-state index contributed by atoms with van der Waals surface area (Å²) >= 11 is 10.4. The van der Waals surface area contributed by atoms with Gasteiger partial charge in [-0.2, -0.15) is 0 Å². The van der Waals surface area contributed by atoms with Crippen LogP contribution in [0.15, 0.2) is 39.6 Å². The maximum absolute atomic E-state index is 13.3. The number of aromatic nitrogens is 1. The van der Waals surface area contributed by atoms with Crippen molar-refractivity contribution in [3.05, 3.63) is 35.5 Å². The Kier molecular flexibility index (Phi) is 10.0. The molecule has 1 aromatic carbocycles. The van der Waals surface area contributed by atoms with Crippen molar-refractivity contribution >= 4 is 63.6 Å². The van der Waals surface area contributed by atoms with E-state index in [9.17, 15) is 14.7 Å². The number of benzene rings is 1. The number of rotatable bonds is 10. The van der Waals surface area contributed by atoms with Gasteiger partial charge in [-0.1, -0.05) is 47.7 Å². The molecule has 0 spiro atoms. The lowest BCUT2D eigenvalue weighted by Gasteiger charge is -2.36. The lowest BCUT2D eigenvalue weighted by atomic mass is 9.86. The van der Waals surface area contributed by atoms with Gasteiger partial charge in [-0.3, -0.25) is 10.1 Å². The van der Waals surface area contributed by atoms with Gasteiger partial charge >= 0.3 is 12.0 Å². The molecule has 2 amide bonds. The summed E-state index contributed by atoms with van der Waals surface area (Å²) in [5.74, 6) is 0.718. The van der Waals surface area contributed by atoms with Crippen LogP contribution in [-0.4, -0.2) is 50.1 Å². The molecule has 186 valence electrons. The number of thiazole rings is 1. The molecule has 0 saturated heterocycles. The molecule has 1 aromatic heterocycles. The van der Waals surface area contributed by atoms with E-state index >= 15 is 0 Å². The maximum Gasteiger partial charge on any atom is 0.323 e. The van der Waals surface area contributed by atoms with Crippen LogP contribution in [-0.2, 0) is 4.79 Å². The highest BCUT2D eigenvalue weighted by Crippen LogP contribution is 2.37. The van der Waals surface area contributed by atoms with E-state index in [0.29, 0.717) is 17.6 Å². The standard InChI is InChI=1S/C24H32ClN3O3S3/c1-16-8-10-18(11-9-16)28(12-5-13-32-19-7-4-6-17(25)14-19)23(31)27-22-26-15-20(33-22)34-24(2,3)21(29)30/h4,6-7,14-16,18H,5,8-13H2,1-3H3,(H,29,30)(H,26,27,31)/t16-,18-. The first-order chi connectivity index (χ1) is 16.1. The topological polar surface area (TPSA) is 82.5 Å². The van der Waals surface area contributed by atoms with Crippen molar-refractivity contribution in [3.8, 4) is 0 Å². The third-order valence-electron chi connectivity index (χ3n) is 5.86. The summed E-state index contributed by atoms with van der Waals surface area (Å²) in [6, 6.07) is 7.93. The third kappa shape index (κ3) is 8.07. The molecule has 1 saturated carbocycles. The van der Waals surface area contributed by atoms with Gasteiger partial charge in [-0.15, -0.1) is 11.8 Å². The summed E-state index contributed by atoms with van der Waals surface area (Å²) in [6.07, 6.45) is 6.80. The van der Waals surface area contributed by atoms with Crippen LogP contribution in [0.2, 0.25) is 5.02 Å². The fourth-order valence-electron chi connectivity index (χ4n) is 3.81. The second-order valence-electron chi connectivity index (χ2n) is 9.10. The molecule has 0 bridgehead atoms. The van der Waals surface area contributed by atoms with Crippen molar-refractivity contribution in [2.24, 2.45) is 5.92 Å². The molecule has 6 nitrogen and oxygen atoms in total. The number of amides is 2. The van der Waals surface area contributed by atoms with Crippen LogP contribution >= 0.6 is 46.5 Å². The van der Waals surface area contributed by atoms with E-state index < -0.39 is 10.7 Å². The van der Waals surface area contributed by atoms with Crippen molar-refractivity contribution in [1.82, 2.24) is 9.88 Å². The van der Waals surface area contributed by atoms with Crippen LogP contribution in [0.25, 0.3) is 0 Å². The molecule has 1 aliphatic carbocycles. The van der Waals surface area contributed by atoms with Crippen molar-refractivity contribution in [2.75, 3.05) is 17.6 Å². The first-order valence-corrected chi connectivity index (χ1v) is 14.5. The van der Waals surface area contributed by atoms with Gasteiger partial charge in [0, 0.05) is 22.5 Å². The molecule has 0 unspecified atom stereocenters. The normalized spacial score (nSPS) is 18.5. The zero-order valence-electron chi connectivity index (χ0n) is 19.8. The van der Waals surface area contributed by atoms with E-state index in [4.69, 9.17) is 11.6 Å². The van der Waals surface area contributed by atoms with Gasteiger partial charge in [0.2, 0.25) is 0 Å². The highest BCUT2D eigenvalue weighted by atomic mass is 35.5. The molecule has 2 aromatic rings. The van der Waals surface area contributed by atoms with Crippen LogP contribution in [0.5, 0.6) is 0 Å². The van der Waals surface area contributed by atoms with Crippen molar-refractivity contribution in [3.63, 3.8) is 0 Å². The Bertz CT molecular complexity index is 977. The van der Waals surface area contributed by atoms with Crippen molar-refractivity contribution < 1.29 is 14.7 Å². The predicted molar refractivity (Wildman–Crippen MR) is 144 cm³/mol. The Morgan fingerprint density at radius 3 is 2.71 bits per heavy atom. The van der Waals surface area contributed by atoms with E-state index in [0.717, 1.165) is 52.0 Å². The van der Waals surface area contributed by atoms with Crippen LogP contribution in [0.3, 0.4) is 0 Å². The fraction of sp³-hybridized carbons (Fsp3) is 0.542. The molecular weight excluding hydrogens is 510 g/mol. The van der Waals surface area contributed by atoms with Gasteiger partial charge in [0.05, 0.1) is 10.4 Å². The Morgan fingerprint density at radius 1 is 1.29 bits per heavy atom. The Morgan fingerprint density at radius 2 is 2.03 bits per heavy atom. The Hall–Kier alpha value is -1.42. The number of thioether (sulfide) groups is 2. The molecule has 34 heavy (non-hydrogen) atoms. The molecular formula is C24H32ClN3O3S3. The minimum atomic E-state index is -0.959. The fourth-order valence-corrected chi connectivity index (χ4v) is 7.22. The number of carboxylic acids is 1. The van der Waals surface area contributed by atoms with E-state index in [2.05, 4.69) is 17.2 Å². The molecule has 2 N–H and O–H groups in total. The Labute approximate surface area is 219 Å². The molecule has 1 fully saturated rings. The minimum absolute atomic E-state index is 0.129. The van der Waals surface area contributed by atoms with E-state index in [1.807, 2.05) is 29.2 Å². The molecule has 0 atom stereocenters. The zero-order valence-corrected chi connectivity index (χ0v) is 23.0. The number of halogens is 1. The van der Waals surface area contributed by atoms with Crippen LogP contribution < -0.4 is 5.32 Å². The third-order valence-corrected chi connectivity index (χ3v) is 9.38. The molecule has 0 radical (unpaired) electrons. The second kappa shape index (κ2) is 12.5. The lowest BCUT2D eigenvalue weighted by Crippen LogP contribution is -2.45. The van der Waals surface area contributed by atoms with Crippen LogP contribution in [0.4, 0.5) is 9.93 Å². The molecule has 3 rings (SSSR count). The smallest absolute Gasteiger partial charge is 0.323 e. The number of aliphatic carboxylic acids is 1. The number of anilines is 1. The first-order valence-electron chi connectivity index (χ1n) is 11.5. The number of hydrogen-bond donors (Lipinski definition) is 2. The summed E-state index contributed by atoms with van der Waals surface area (Å²) in [5.41, 5.74) is 0. The van der Waals surface area contributed by atoms with E-state index in [1.165, 1.54) is 23.1 Å². The van der Waals surface area contributed by atoms with Gasteiger partial charge in [0.25, 0.3) is 0 Å². The monoisotopic (exact) mass is 541 g/mol. The lowest BCUT2D eigenvalue weighted by molar-refractivity contribution is -0.138. The van der Waals surface area contributed by atoms with Gasteiger partial charge in [0.1, 0.15) is 4.75 Å². The molecule has 1 heterocycles. The Balaban J connectivity index is 1.60. The number of nitrogens with one attached hydrogen (secondary N) is 1. The zero-order chi connectivity index (χ0) is 24.7. The maximum atomic E-state index is 13.3. The van der Waals surface area contributed by atoms with Gasteiger partial charge < -0.3 is 10.0 Å². The molecule has 0 aliphatic heterocycles. The predicted octanol–water partition coefficient (Wildman–Crippen LogP) is 7.35. The minimum Gasteiger partial charge on any atom is -0.480 e. The summed E-state index contributed by atoms with van der Waals surface area (Å²) in [6.45, 7) is 6.27. The number of urea groups is 1. The quantitative estimate of drug-likeness (QED) is 0.242. The van der Waals surface area contributed by atoms with E-state index in [-0.39, 0.29) is 12.1 Å². The van der Waals surface area contributed by atoms with Crippen molar-refractivity contribution in [1.29, 1.82) is 0 Å². The van der Waals surface area contributed by atoms with E-state index in [1.54, 1.807) is 31.8 Å². The van der Waals surface area contributed by atoms with Gasteiger partial charge in [-0.05, 0) is 75.8 Å². The number of hydrogen-bond acceptors (Lipinski definition) is 6. The largest absolute Gasteiger partial charge is 0.480 e. The number of carboxylic acid groups (broad SMARTS) is 1. The van der Waals surface area contributed by atoms with Crippen LogP contribution in [0.1, 0.15) is 52.9 Å². The summed E-state index contributed by atoms with van der Waals surface area (Å²) in [7, 11) is 0. The number of nitrogens with zero attached hydrogens (tertiary/aromatic N) is 2. The highest BCUT2D eigenvalue weighted by Gasteiger charge is 2.30. The summed E-state index contributed by atoms with van der Waals surface area (Å²) < 4.78 is -0.196. The van der Waals surface area contributed by atoms with Crippen LogP contribution in [0, 0.1) is 5.92 Å². The highest BCUT2D eigenvalue weighted by molar-refractivity contribution is 8.03.